The summed E-state index contributed by atoms with van der Waals surface area (Å²) >= 11 is 0. The second kappa shape index (κ2) is 4.31. The van der Waals surface area contributed by atoms with Crippen LogP contribution in [0.3, 0.4) is 0 Å². The smallest absolute Gasteiger partial charge is 0.123 e. The van der Waals surface area contributed by atoms with Gasteiger partial charge in [-0.15, -0.1) is 0 Å². The summed E-state index contributed by atoms with van der Waals surface area (Å²) in [5, 5.41) is 0. The van der Waals surface area contributed by atoms with Gasteiger partial charge in [-0.25, -0.2) is 4.39 Å². The number of hydrogen-bond acceptors (Lipinski definition) is 0. The van der Waals surface area contributed by atoms with E-state index >= 15 is 0 Å². The van der Waals surface area contributed by atoms with Gasteiger partial charge in [-0.1, -0.05) is 42.5 Å². The monoisotopic (exact) mass is 212 g/mol. The highest BCUT2D eigenvalue weighted by Gasteiger charge is 2.00. The molecule has 0 aliphatic heterocycles. The van der Waals surface area contributed by atoms with E-state index in [1.54, 1.807) is 12.1 Å². The molecule has 2 aromatic carbocycles. The minimum Gasteiger partial charge on any atom is -0.207 e. The maximum atomic E-state index is 12.8. The molecule has 0 unspecified atom stereocenters. The highest BCUT2D eigenvalue weighted by Crippen LogP contribution is 2.23. The average Bonchev–Trinajstić information content (AvgIpc) is 2.30. The van der Waals surface area contributed by atoms with Crippen molar-refractivity contribution in [2.75, 3.05) is 0 Å². The van der Waals surface area contributed by atoms with Crippen LogP contribution in [0.1, 0.15) is 12.5 Å². The van der Waals surface area contributed by atoms with Gasteiger partial charge < -0.3 is 0 Å². The fourth-order valence-electron chi connectivity index (χ4n) is 1.61. The molecule has 0 nitrogen and oxygen atoms in total. The highest BCUT2D eigenvalue weighted by atomic mass is 19.1. The first-order valence-electron chi connectivity index (χ1n) is 5.19. The quantitative estimate of drug-likeness (QED) is 0.686. The molecule has 2 rings (SSSR count). The molecule has 80 valence electrons. The van der Waals surface area contributed by atoms with Crippen molar-refractivity contribution in [2.45, 2.75) is 6.92 Å². The van der Waals surface area contributed by atoms with E-state index in [0.29, 0.717) is 0 Å². The summed E-state index contributed by atoms with van der Waals surface area (Å²) < 4.78 is 12.8. The lowest BCUT2D eigenvalue weighted by atomic mass is 10.0. The Morgan fingerprint density at radius 3 is 2.31 bits per heavy atom. The van der Waals surface area contributed by atoms with E-state index in [9.17, 15) is 4.39 Å². The van der Waals surface area contributed by atoms with E-state index in [1.807, 2.05) is 25.1 Å². The molecule has 0 bridgehead atoms. The lowest BCUT2D eigenvalue weighted by molar-refractivity contribution is 0.628. The van der Waals surface area contributed by atoms with Crippen LogP contribution >= 0.6 is 0 Å². The van der Waals surface area contributed by atoms with Crippen molar-refractivity contribution >= 4 is 5.57 Å². The van der Waals surface area contributed by atoms with Crippen molar-refractivity contribution in [1.82, 2.24) is 0 Å². The number of allylic oxidation sites excluding steroid dienone is 1. The summed E-state index contributed by atoms with van der Waals surface area (Å²) in [6.45, 7) is 5.89. The molecule has 0 saturated carbocycles. The van der Waals surface area contributed by atoms with Gasteiger partial charge in [0.25, 0.3) is 0 Å². The molecule has 0 fully saturated rings. The maximum Gasteiger partial charge on any atom is 0.123 e. The molecule has 0 N–H and O–H groups in total. The molecule has 0 amide bonds. The largest absolute Gasteiger partial charge is 0.207 e. The first-order valence-corrected chi connectivity index (χ1v) is 5.19. The van der Waals surface area contributed by atoms with E-state index in [0.717, 1.165) is 22.3 Å². The van der Waals surface area contributed by atoms with Gasteiger partial charge in [0, 0.05) is 0 Å². The molecule has 0 aromatic heterocycles. The molecule has 0 atom stereocenters. The summed E-state index contributed by atoms with van der Waals surface area (Å²) in [6.07, 6.45) is 0. The first-order chi connectivity index (χ1) is 7.66. The van der Waals surface area contributed by atoms with E-state index in [2.05, 4.69) is 12.6 Å². The second-order valence-electron chi connectivity index (χ2n) is 3.87. The van der Waals surface area contributed by atoms with Crippen LogP contribution in [-0.4, -0.2) is 0 Å². The Kier molecular flexibility index (Phi) is 2.86. The fourth-order valence-corrected chi connectivity index (χ4v) is 1.61. The Hall–Kier alpha value is -1.89. The van der Waals surface area contributed by atoms with Gasteiger partial charge in [0.1, 0.15) is 5.82 Å². The third kappa shape index (κ3) is 2.19. The summed E-state index contributed by atoms with van der Waals surface area (Å²) in [5.74, 6) is -0.209. The molecule has 16 heavy (non-hydrogen) atoms. The lowest BCUT2D eigenvalue weighted by Crippen LogP contribution is -1.82. The minimum absolute atomic E-state index is 0.209. The van der Waals surface area contributed by atoms with Gasteiger partial charge in [0.2, 0.25) is 0 Å². The predicted molar refractivity (Wildman–Crippen MR) is 66.5 cm³/mol. The molecule has 0 radical (unpaired) electrons. The van der Waals surface area contributed by atoms with Gasteiger partial charge in [0.15, 0.2) is 0 Å². The average molecular weight is 212 g/mol. The molecule has 0 aliphatic rings. The summed E-state index contributed by atoms with van der Waals surface area (Å²) in [5.41, 5.74) is 4.25. The topological polar surface area (TPSA) is 0 Å². The Morgan fingerprint density at radius 1 is 1.00 bits per heavy atom. The van der Waals surface area contributed by atoms with Crippen molar-refractivity contribution in [3.8, 4) is 11.1 Å². The molecule has 0 aliphatic carbocycles. The Morgan fingerprint density at radius 2 is 1.69 bits per heavy atom. The fraction of sp³-hybridized carbons (Fsp3) is 0.0667. The predicted octanol–water partition coefficient (Wildman–Crippen LogP) is 4.53. The zero-order valence-corrected chi connectivity index (χ0v) is 9.20. The van der Waals surface area contributed by atoms with Crippen LogP contribution in [0.4, 0.5) is 4.39 Å². The second-order valence-corrected chi connectivity index (χ2v) is 3.87. The molecule has 2 aromatic rings. The van der Waals surface area contributed by atoms with E-state index < -0.39 is 0 Å². The molecule has 0 heterocycles. The lowest BCUT2D eigenvalue weighted by Gasteiger charge is -2.05. The normalized spacial score (nSPS) is 10.1. The maximum absolute atomic E-state index is 12.8. The van der Waals surface area contributed by atoms with Crippen LogP contribution in [0.5, 0.6) is 0 Å². The van der Waals surface area contributed by atoms with Gasteiger partial charge in [-0.05, 0) is 41.8 Å². The Bertz CT molecular complexity index is 509. The molecular weight excluding hydrogens is 199 g/mol. The number of halogens is 1. The number of rotatable bonds is 2. The van der Waals surface area contributed by atoms with Crippen molar-refractivity contribution in [2.24, 2.45) is 0 Å². The minimum atomic E-state index is -0.209. The third-order valence-electron chi connectivity index (χ3n) is 2.53. The van der Waals surface area contributed by atoms with Crippen molar-refractivity contribution in [3.63, 3.8) is 0 Å². The van der Waals surface area contributed by atoms with Crippen molar-refractivity contribution in [3.05, 3.63) is 66.5 Å². The van der Waals surface area contributed by atoms with Gasteiger partial charge in [-0.2, -0.15) is 0 Å². The van der Waals surface area contributed by atoms with E-state index in [-0.39, 0.29) is 5.82 Å². The summed E-state index contributed by atoms with van der Waals surface area (Å²) in [6, 6.07) is 14.6. The number of hydrogen-bond donors (Lipinski definition) is 0. The van der Waals surface area contributed by atoms with Gasteiger partial charge in [0.05, 0.1) is 0 Å². The van der Waals surface area contributed by atoms with Crippen LogP contribution in [-0.2, 0) is 0 Å². The summed E-state index contributed by atoms with van der Waals surface area (Å²) in [7, 11) is 0. The number of benzene rings is 2. The van der Waals surface area contributed by atoms with E-state index in [4.69, 9.17) is 0 Å². The third-order valence-corrected chi connectivity index (χ3v) is 2.53. The van der Waals surface area contributed by atoms with Crippen molar-refractivity contribution < 1.29 is 4.39 Å². The summed E-state index contributed by atoms with van der Waals surface area (Å²) in [4.78, 5) is 0. The molecule has 1 heteroatoms. The Labute approximate surface area is 95.1 Å². The highest BCUT2D eigenvalue weighted by molar-refractivity contribution is 5.70. The van der Waals surface area contributed by atoms with Crippen LogP contribution in [0.2, 0.25) is 0 Å². The van der Waals surface area contributed by atoms with E-state index in [1.165, 1.54) is 12.1 Å². The zero-order chi connectivity index (χ0) is 11.5. The molecule has 0 saturated heterocycles. The Balaban J connectivity index is 2.44. The van der Waals surface area contributed by atoms with Crippen molar-refractivity contribution in [1.29, 1.82) is 0 Å². The van der Waals surface area contributed by atoms with Crippen LogP contribution in [0.25, 0.3) is 16.7 Å². The molecular formula is C15H13F. The van der Waals surface area contributed by atoms with Gasteiger partial charge >= 0.3 is 0 Å². The van der Waals surface area contributed by atoms with Gasteiger partial charge in [-0.3, -0.25) is 0 Å². The molecule has 0 spiro atoms. The standard InChI is InChI=1S/C15H13F/c1-11(2)13-4-3-5-14(10-13)12-6-8-15(16)9-7-12/h3-10H,1H2,2H3. The zero-order valence-electron chi connectivity index (χ0n) is 9.20. The van der Waals surface area contributed by atoms with Crippen LogP contribution in [0, 0.1) is 5.82 Å². The van der Waals surface area contributed by atoms with Crippen LogP contribution in [0.15, 0.2) is 55.1 Å². The SMILES string of the molecule is C=C(C)c1cccc(-c2ccc(F)cc2)c1. The van der Waals surface area contributed by atoms with Crippen LogP contribution < -0.4 is 0 Å². The first kappa shape index (κ1) is 10.6.